The highest BCUT2D eigenvalue weighted by molar-refractivity contribution is 7.85. The molecule has 0 saturated carbocycles. The lowest BCUT2D eigenvalue weighted by Gasteiger charge is -2.13. The predicted molar refractivity (Wildman–Crippen MR) is 136 cm³/mol. The van der Waals surface area contributed by atoms with Crippen LogP contribution in [0.3, 0.4) is 0 Å². The van der Waals surface area contributed by atoms with Crippen LogP contribution in [0.5, 0.6) is 0 Å². The number of ketones is 1. The van der Waals surface area contributed by atoms with Gasteiger partial charge in [0.25, 0.3) is 10.1 Å². The van der Waals surface area contributed by atoms with E-state index in [0.717, 1.165) is 19.3 Å². The Hall–Kier alpha value is -1.03. The SMILES string of the molecule is CCCCCCCCCCCCCCCCC(=O)C1=[N+](CC(O)CS(=O)(=O)O)CCN1CCO. The highest BCUT2D eigenvalue weighted by atomic mass is 32.2. The lowest BCUT2D eigenvalue weighted by Crippen LogP contribution is -2.40. The molecule has 34 heavy (non-hydrogen) atoms. The van der Waals surface area contributed by atoms with Crippen molar-refractivity contribution in [2.24, 2.45) is 0 Å². The highest BCUT2D eigenvalue weighted by Gasteiger charge is 2.36. The number of amidine groups is 1. The van der Waals surface area contributed by atoms with Crippen molar-refractivity contribution in [2.45, 2.75) is 109 Å². The van der Waals surface area contributed by atoms with Crippen LogP contribution in [-0.4, -0.2) is 88.9 Å². The number of carbonyl (C=O) groups is 1. The summed E-state index contributed by atoms with van der Waals surface area (Å²) in [5, 5.41) is 19.3. The van der Waals surface area contributed by atoms with Crippen LogP contribution in [0.4, 0.5) is 0 Å². The van der Waals surface area contributed by atoms with Crippen LogP contribution >= 0.6 is 0 Å². The van der Waals surface area contributed by atoms with Crippen molar-refractivity contribution < 1.29 is 32.6 Å². The van der Waals surface area contributed by atoms with Crippen LogP contribution in [0.2, 0.25) is 0 Å². The Morgan fingerprint density at radius 1 is 0.941 bits per heavy atom. The van der Waals surface area contributed by atoms with Crippen molar-refractivity contribution in [3.63, 3.8) is 0 Å². The van der Waals surface area contributed by atoms with Gasteiger partial charge >= 0.3 is 5.84 Å². The number of hydrogen-bond donors (Lipinski definition) is 3. The zero-order valence-corrected chi connectivity index (χ0v) is 22.1. The zero-order chi connectivity index (χ0) is 25.2. The minimum absolute atomic E-state index is 0.0380. The monoisotopic (exact) mass is 505 g/mol. The zero-order valence-electron chi connectivity index (χ0n) is 21.3. The molecular weight excluding hydrogens is 456 g/mol. The summed E-state index contributed by atoms with van der Waals surface area (Å²) >= 11 is 0. The maximum absolute atomic E-state index is 12.9. The molecule has 0 fully saturated rings. The molecule has 1 aliphatic heterocycles. The van der Waals surface area contributed by atoms with Gasteiger partial charge in [0.1, 0.15) is 38.0 Å². The molecule has 1 heterocycles. The maximum Gasteiger partial charge on any atom is 0.316 e. The van der Waals surface area contributed by atoms with Crippen molar-refractivity contribution in [2.75, 3.05) is 38.5 Å². The second kappa shape index (κ2) is 18.3. The van der Waals surface area contributed by atoms with Crippen LogP contribution in [-0.2, 0) is 14.9 Å². The third-order valence-electron chi connectivity index (χ3n) is 6.45. The van der Waals surface area contributed by atoms with Gasteiger partial charge in [0.2, 0.25) is 5.78 Å². The Balaban J connectivity index is 2.26. The van der Waals surface area contributed by atoms with E-state index in [1.807, 2.05) is 0 Å². The summed E-state index contributed by atoms with van der Waals surface area (Å²) in [6.45, 7) is 3.46. The summed E-state index contributed by atoms with van der Waals surface area (Å²) < 4.78 is 32.7. The van der Waals surface area contributed by atoms with Crippen molar-refractivity contribution in [3.8, 4) is 0 Å². The average molecular weight is 506 g/mol. The molecule has 3 N–H and O–H groups in total. The van der Waals surface area contributed by atoms with E-state index in [9.17, 15) is 23.4 Å². The van der Waals surface area contributed by atoms with Crippen LogP contribution in [0.1, 0.15) is 103 Å². The fraction of sp³-hybridized carbons (Fsp3) is 0.920. The van der Waals surface area contributed by atoms with E-state index in [2.05, 4.69) is 6.92 Å². The minimum Gasteiger partial charge on any atom is -0.392 e. The summed E-state index contributed by atoms with van der Waals surface area (Å²) in [4.78, 5) is 14.7. The standard InChI is InChI=1S/C25H48N2O6S/c1-2-3-4-5-6-7-8-9-10-11-12-13-14-15-16-24(30)25-26(19-20-28)17-18-27(25)21-23(29)22-34(31,32)33/h23,28-29H,2-22H2,1H3/p+1. The molecule has 0 aromatic carbocycles. The third-order valence-corrected chi connectivity index (χ3v) is 7.26. The average Bonchev–Trinajstić information content (AvgIpc) is 3.14. The van der Waals surface area contributed by atoms with Gasteiger partial charge in [-0.15, -0.1) is 0 Å². The molecule has 0 amide bonds. The smallest absolute Gasteiger partial charge is 0.316 e. The molecule has 200 valence electrons. The van der Waals surface area contributed by atoms with Gasteiger partial charge in [0, 0.05) is 6.42 Å². The molecule has 0 bridgehead atoms. The quantitative estimate of drug-likeness (QED) is 0.117. The Labute approximate surface area is 207 Å². The third kappa shape index (κ3) is 14.4. The van der Waals surface area contributed by atoms with E-state index < -0.39 is 22.0 Å². The Morgan fingerprint density at radius 3 is 1.91 bits per heavy atom. The normalized spacial score (nSPS) is 15.4. The first kappa shape index (κ1) is 31.0. The van der Waals surface area contributed by atoms with Crippen LogP contribution in [0.25, 0.3) is 0 Å². The first-order valence-electron chi connectivity index (χ1n) is 13.4. The fourth-order valence-electron chi connectivity index (χ4n) is 4.66. The Bertz CT molecular complexity index is 696. The van der Waals surface area contributed by atoms with Crippen LogP contribution < -0.4 is 0 Å². The summed E-state index contributed by atoms with van der Waals surface area (Å²) in [6, 6.07) is 0. The van der Waals surface area contributed by atoms with Gasteiger partial charge in [0.15, 0.2) is 0 Å². The van der Waals surface area contributed by atoms with E-state index in [0.29, 0.717) is 31.9 Å². The lowest BCUT2D eigenvalue weighted by molar-refractivity contribution is -0.525. The van der Waals surface area contributed by atoms with Gasteiger partial charge < -0.3 is 10.2 Å². The van der Waals surface area contributed by atoms with Crippen LogP contribution in [0.15, 0.2) is 0 Å². The number of unbranched alkanes of at least 4 members (excludes halogenated alkanes) is 13. The fourth-order valence-corrected chi connectivity index (χ4v) is 5.26. The molecule has 1 atom stereocenters. The number of hydrogen-bond acceptors (Lipinski definition) is 6. The van der Waals surface area contributed by atoms with Gasteiger partial charge in [-0.05, 0) is 6.42 Å². The molecule has 0 aromatic rings. The Morgan fingerprint density at radius 2 is 1.44 bits per heavy atom. The van der Waals surface area contributed by atoms with Crippen LogP contribution in [0, 0.1) is 0 Å². The van der Waals surface area contributed by atoms with E-state index in [4.69, 9.17) is 4.55 Å². The lowest BCUT2D eigenvalue weighted by atomic mass is 10.0. The molecule has 0 aliphatic carbocycles. The molecule has 0 radical (unpaired) electrons. The van der Waals surface area contributed by atoms with Crippen molar-refractivity contribution in [1.82, 2.24) is 4.90 Å². The van der Waals surface area contributed by atoms with E-state index in [1.165, 1.54) is 70.6 Å². The second-order valence-corrected chi connectivity index (χ2v) is 11.1. The largest absolute Gasteiger partial charge is 0.392 e. The number of rotatable bonds is 22. The summed E-state index contributed by atoms with van der Waals surface area (Å²) in [5.74, 6) is -0.355. The molecule has 0 aromatic heterocycles. The molecule has 0 spiro atoms. The molecule has 9 heteroatoms. The first-order valence-corrected chi connectivity index (χ1v) is 15.0. The van der Waals surface area contributed by atoms with Crippen molar-refractivity contribution in [3.05, 3.63) is 0 Å². The van der Waals surface area contributed by atoms with E-state index in [-0.39, 0.29) is 18.9 Å². The molecule has 1 aliphatic rings. The number of Topliss-reactive ketones (excluding diaryl/α,β-unsaturated/α-hetero) is 1. The van der Waals surface area contributed by atoms with Crippen molar-refractivity contribution in [1.29, 1.82) is 0 Å². The van der Waals surface area contributed by atoms with Gasteiger partial charge in [-0.3, -0.25) is 18.8 Å². The molecule has 8 nitrogen and oxygen atoms in total. The molecule has 1 rings (SSSR count). The highest BCUT2D eigenvalue weighted by Crippen LogP contribution is 2.14. The number of nitrogens with zero attached hydrogens (tertiary/aromatic N) is 2. The van der Waals surface area contributed by atoms with Gasteiger partial charge in [-0.1, -0.05) is 90.4 Å². The maximum atomic E-state index is 12.9. The molecular formula is C25H49N2O6S+. The van der Waals surface area contributed by atoms with Gasteiger partial charge in [0.05, 0.1) is 6.61 Å². The number of carbonyl (C=O) groups excluding carboxylic acids is 1. The van der Waals surface area contributed by atoms with E-state index >= 15 is 0 Å². The van der Waals surface area contributed by atoms with Gasteiger partial charge in [-0.2, -0.15) is 8.42 Å². The minimum atomic E-state index is -4.29. The summed E-state index contributed by atoms with van der Waals surface area (Å²) in [7, 11) is -4.29. The summed E-state index contributed by atoms with van der Waals surface area (Å²) in [6.07, 6.45) is 16.6. The number of β-amino-alcohol motifs (C(OH)–C–C–N with tert-alkyl or cyclic N) is 2. The molecule has 1 unspecified atom stereocenters. The second-order valence-electron chi connectivity index (χ2n) is 9.65. The van der Waals surface area contributed by atoms with E-state index in [1.54, 1.807) is 9.48 Å². The Kier molecular flexibility index (Phi) is 16.7. The topological polar surface area (TPSA) is 118 Å². The first-order chi connectivity index (χ1) is 16.3. The van der Waals surface area contributed by atoms with Crippen molar-refractivity contribution >= 4 is 21.7 Å². The predicted octanol–water partition coefficient (Wildman–Crippen LogP) is 3.39. The number of aliphatic hydroxyl groups excluding tert-OH is 2. The summed E-state index contributed by atoms with van der Waals surface area (Å²) in [5.41, 5.74) is 0. The molecule has 0 saturated heterocycles. The van der Waals surface area contributed by atoms with Gasteiger partial charge in [-0.25, -0.2) is 0 Å². The number of aliphatic hydroxyl groups is 2.